The van der Waals surface area contributed by atoms with E-state index in [2.05, 4.69) is 10.9 Å². The lowest BCUT2D eigenvalue weighted by Crippen LogP contribution is -2.52. The highest BCUT2D eigenvalue weighted by Gasteiger charge is 2.22. The van der Waals surface area contributed by atoms with E-state index in [1.807, 2.05) is 6.92 Å². The molecule has 0 saturated carbocycles. The quantitative estimate of drug-likeness (QED) is 0.372. The SMILES string of the molecule is CCSCC[C@@H](N)C(O)C(=O)NNC(=O)Cc1cccc(OC)c1. The van der Waals surface area contributed by atoms with Crippen LogP contribution in [0.1, 0.15) is 18.9 Å². The Morgan fingerprint density at radius 2 is 2.12 bits per heavy atom. The smallest absolute Gasteiger partial charge is 0.268 e. The average molecular weight is 355 g/mol. The number of aliphatic hydroxyl groups excluding tert-OH is 1. The number of hydrazine groups is 1. The maximum atomic E-state index is 11.8. The number of aliphatic hydroxyl groups is 1. The van der Waals surface area contributed by atoms with Gasteiger partial charge >= 0.3 is 0 Å². The van der Waals surface area contributed by atoms with Crippen molar-refractivity contribution in [3.8, 4) is 5.75 Å². The molecule has 134 valence electrons. The van der Waals surface area contributed by atoms with Crippen molar-refractivity contribution in [1.29, 1.82) is 0 Å². The Balaban J connectivity index is 2.38. The number of hydrogen-bond donors (Lipinski definition) is 4. The Morgan fingerprint density at radius 3 is 2.79 bits per heavy atom. The van der Waals surface area contributed by atoms with Gasteiger partial charge in [0.15, 0.2) is 0 Å². The second-order valence-corrected chi connectivity index (χ2v) is 6.55. The van der Waals surface area contributed by atoms with Gasteiger partial charge in [-0.1, -0.05) is 19.1 Å². The number of rotatable bonds is 9. The summed E-state index contributed by atoms with van der Waals surface area (Å²) in [5.41, 5.74) is 11.0. The lowest BCUT2D eigenvalue weighted by molar-refractivity contribution is -0.134. The fourth-order valence-electron chi connectivity index (χ4n) is 1.93. The van der Waals surface area contributed by atoms with E-state index in [1.54, 1.807) is 43.1 Å². The Morgan fingerprint density at radius 1 is 1.38 bits per heavy atom. The summed E-state index contributed by atoms with van der Waals surface area (Å²) >= 11 is 1.69. The van der Waals surface area contributed by atoms with E-state index in [-0.39, 0.29) is 6.42 Å². The van der Waals surface area contributed by atoms with Crippen molar-refractivity contribution >= 4 is 23.6 Å². The molecule has 1 aromatic rings. The molecule has 1 unspecified atom stereocenters. The summed E-state index contributed by atoms with van der Waals surface area (Å²) in [6.07, 6.45) is -0.767. The molecule has 1 aromatic carbocycles. The molecule has 2 amide bonds. The summed E-state index contributed by atoms with van der Waals surface area (Å²) in [5.74, 6) is 1.25. The van der Waals surface area contributed by atoms with Crippen LogP contribution in [-0.2, 0) is 16.0 Å². The zero-order valence-corrected chi connectivity index (χ0v) is 14.8. The van der Waals surface area contributed by atoms with E-state index in [0.29, 0.717) is 12.2 Å². The van der Waals surface area contributed by atoms with Crippen molar-refractivity contribution in [3.63, 3.8) is 0 Å². The minimum atomic E-state index is -1.36. The van der Waals surface area contributed by atoms with Gasteiger partial charge in [-0.05, 0) is 35.6 Å². The van der Waals surface area contributed by atoms with Crippen LogP contribution in [0, 0.1) is 0 Å². The van der Waals surface area contributed by atoms with Crippen LogP contribution in [0.2, 0.25) is 0 Å². The van der Waals surface area contributed by atoms with Gasteiger partial charge in [0, 0.05) is 6.04 Å². The molecule has 0 radical (unpaired) electrons. The standard InChI is InChI=1S/C16H25N3O4S/c1-3-24-8-7-13(17)15(21)16(22)19-18-14(20)10-11-5-4-6-12(9-11)23-2/h4-6,9,13,15,21H,3,7-8,10,17H2,1-2H3,(H,18,20)(H,19,22)/t13-,15?/m1/s1. The molecule has 0 fully saturated rings. The minimum absolute atomic E-state index is 0.0762. The van der Waals surface area contributed by atoms with E-state index in [0.717, 1.165) is 17.1 Å². The van der Waals surface area contributed by atoms with Crippen LogP contribution in [0.4, 0.5) is 0 Å². The van der Waals surface area contributed by atoms with Crippen LogP contribution in [0.3, 0.4) is 0 Å². The number of carbonyl (C=O) groups excluding carboxylic acids is 2. The summed E-state index contributed by atoms with van der Waals surface area (Å²) in [6, 6.07) is 6.39. The summed E-state index contributed by atoms with van der Waals surface area (Å²) in [5, 5.41) is 9.84. The van der Waals surface area contributed by atoms with Crippen LogP contribution < -0.4 is 21.3 Å². The fraction of sp³-hybridized carbons (Fsp3) is 0.500. The molecule has 5 N–H and O–H groups in total. The number of methoxy groups -OCH3 is 1. The van der Waals surface area contributed by atoms with Crippen molar-refractivity contribution < 1.29 is 19.4 Å². The highest BCUT2D eigenvalue weighted by molar-refractivity contribution is 7.99. The Bertz CT molecular complexity index is 542. The largest absolute Gasteiger partial charge is 0.497 e. The molecule has 24 heavy (non-hydrogen) atoms. The average Bonchev–Trinajstić information content (AvgIpc) is 2.59. The Labute approximate surface area is 146 Å². The van der Waals surface area contributed by atoms with Crippen LogP contribution in [-0.4, -0.2) is 47.7 Å². The minimum Gasteiger partial charge on any atom is -0.497 e. The zero-order chi connectivity index (χ0) is 17.9. The van der Waals surface area contributed by atoms with Crippen molar-refractivity contribution in [1.82, 2.24) is 10.9 Å². The number of nitrogens with two attached hydrogens (primary N) is 1. The van der Waals surface area contributed by atoms with E-state index < -0.39 is 24.0 Å². The number of benzene rings is 1. The second kappa shape index (κ2) is 10.9. The predicted molar refractivity (Wildman–Crippen MR) is 94.6 cm³/mol. The fourth-order valence-corrected chi connectivity index (χ4v) is 2.66. The Hall–Kier alpha value is -1.77. The first-order valence-electron chi connectivity index (χ1n) is 7.71. The summed E-state index contributed by atoms with van der Waals surface area (Å²) in [6.45, 7) is 2.02. The molecule has 0 aliphatic carbocycles. The van der Waals surface area contributed by atoms with Crippen LogP contribution in [0.25, 0.3) is 0 Å². The van der Waals surface area contributed by atoms with Gasteiger partial charge in [-0.15, -0.1) is 0 Å². The van der Waals surface area contributed by atoms with Gasteiger partial charge in [0.2, 0.25) is 5.91 Å². The number of nitrogens with one attached hydrogen (secondary N) is 2. The van der Waals surface area contributed by atoms with Crippen molar-refractivity contribution in [2.75, 3.05) is 18.6 Å². The topological polar surface area (TPSA) is 114 Å². The van der Waals surface area contributed by atoms with Gasteiger partial charge in [-0.2, -0.15) is 11.8 Å². The third-order valence-corrected chi connectivity index (χ3v) is 4.23. The first-order chi connectivity index (χ1) is 11.5. The highest BCUT2D eigenvalue weighted by atomic mass is 32.2. The number of ether oxygens (including phenoxy) is 1. The Kier molecular flexibility index (Phi) is 9.21. The molecule has 0 spiro atoms. The normalized spacial score (nSPS) is 13.0. The van der Waals surface area contributed by atoms with Gasteiger partial charge in [0.1, 0.15) is 11.9 Å². The van der Waals surface area contributed by atoms with Crippen LogP contribution in [0.15, 0.2) is 24.3 Å². The van der Waals surface area contributed by atoms with Gasteiger partial charge in [-0.25, -0.2) is 0 Å². The number of amides is 2. The lowest BCUT2D eigenvalue weighted by atomic mass is 10.1. The third-order valence-electron chi connectivity index (χ3n) is 3.30. The van der Waals surface area contributed by atoms with E-state index in [1.165, 1.54) is 0 Å². The zero-order valence-electron chi connectivity index (χ0n) is 14.0. The van der Waals surface area contributed by atoms with Gasteiger partial charge in [0.05, 0.1) is 13.5 Å². The maximum absolute atomic E-state index is 11.8. The van der Waals surface area contributed by atoms with Crippen LogP contribution in [0.5, 0.6) is 5.75 Å². The summed E-state index contributed by atoms with van der Waals surface area (Å²) < 4.78 is 5.08. The molecule has 0 heterocycles. The van der Waals surface area contributed by atoms with Gasteiger partial charge in [0.25, 0.3) is 5.91 Å². The van der Waals surface area contributed by atoms with Crippen molar-refractivity contribution in [2.45, 2.75) is 31.9 Å². The van der Waals surface area contributed by atoms with Crippen LogP contribution >= 0.6 is 11.8 Å². The van der Waals surface area contributed by atoms with Gasteiger partial charge < -0.3 is 15.6 Å². The van der Waals surface area contributed by atoms with E-state index in [9.17, 15) is 14.7 Å². The molecule has 2 atom stereocenters. The first-order valence-corrected chi connectivity index (χ1v) is 8.86. The van der Waals surface area contributed by atoms with E-state index in [4.69, 9.17) is 10.5 Å². The summed E-state index contributed by atoms with van der Waals surface area (Å²) in [4.78, 5) is 23.6. The molecule has 0 aliphatic heterocycles. The molecular formula is C16H25N3O4S. The third kappa shape index (κ3) is 7.20. The monoisotopic (exact) mass is 355 g/mol. The number of carbonyl (C=O) groups is 2. The highest BCUT2D eigenvalue weighted by Crippen LogP contribution is 2.12. The van der Waals surface area contributed by atoms with Gasteiger partial charge in [-0.3, -0.25) is 20.4 Å². The predicted octanol–water partition coefficient (Wildman–Crippen LogP) is 0.217. The molecule has 8 heteroatoms. The molecule has 1 rings (SSSR count). The molecular weight excluding hydrogens is 330 g/mol. The van der Waals surface area contributed by atoms with Crippen molar-refractivity contribution in [2.24, 2.45) is 5.73 Å². The molecule has 0 bridgehead atoms. The molecule has 0 saturated heterocycles. The first kappa shape index (κ1) is 20.3. The number of hydrogen-bond acceptors (Lipinski definition) is 6. The molecule has 7 nitrogen and oxygen atoms in total. The summed E-state index contributed by atoms with van der Waals surface area (Å²) in [7, 11) is 1.54. The second-order valence-electron chi connectivity index (χ2n) is 5.16. The maximum Gasteiger partial charge on any atom is 0.268 e. The lowest BCUT2D eigenvalue weighted by Gasteiger charge is -2.18. The van der Waals surface area contributed by atoms with Crippen molar-refractivity contribution in [3.05, 3.63) is 29.8 Å². The number of thioether (sulfide) groups is 1. The molecule has 0 aliphatic rings. The van der Waals surface area contributed by atoms with E-state index >= 15 is 0 Å². The molecule has 0 aromatic heterocycles.